The lowest BCUT2D eigenvalue weighted by atomic mass is 10.1. The molecule has 0 atom stereocenters. The van der Waals surface area contributed by atoms with Gasteiger partial charge < -0.3 is 4.74 Å². The van der Waals surface area contributed by atoms with Crippen LogP contribution < -0.4 is 10.1 Å². The van der Waals surface area contributed by atoms with Crippen LogP contribution in [-0.4, -0.2) is 22.9 Å². The molecule has 0 aliphatic rings. The Kier molecular flexibility index (Phi) is 6.13. The molecule has 0 unspecified atom stereocenters. The lowest BCUT2D eigenvalue weighted by Crippen LogP contribution is -2.07. The number of thiazole rings is 1. The molecule has 0 saturated heterocycles. The Morgan fingerprint density at radius 2 is 1.93 bits per heavy atom. The first-order chi connectivity index (χ1) is 13.5. The first-order valence-electron chi connectivity index (χ1n) is 8.34. The predicted octanol–water partition coefficient (Wildman–Crippen LogP) is 4.30. The molecule has 0 spiro atoms. The Hall–Kier alpha value is -3.52. The zero-order valence-corrected chi connectivity index (χ0v) is 15.8. The van der Waals surface area contributed by atoms with Crippen LogP contribution in [0.2, 0.25) is 0 Å². The van der Waals surface area contributed by atoms with E-state index < -0.39 is 4.92 Å². The third-order valence-corrected chi connectivity index (χ3v) is 4.76. The molecule has 1 aromatic heterocycles. The molecule has 1 N–H and O–H groups in total. The molecule has 7 nitrogen and oxygen atoms in total. The van der Waals surface area contributed by atoms with Crippen LogP contribution in [0.25, 0.3) is 6.08 Å². The van der Waals surface area contributed by atoms with Crippen LogP contribution in [0.4, 0.5) is 10.8 Å². The Labute approximate surface area is 165 Å². The van der Waals surface area contributed by atoms with E-state index in [4.69, 9.17) is 4.74 Å². The monoisotopic (exact) mass is 395 g/mol. The molecule has 0 aliphatic carbocycles. The van der Waals surface area contributed by atoms with Crippen molar-refractivity contribution in [2.45, 2.75) is 6.42 Å². The number of aromatic nitrogens is 1. The average Bonchev–Trinajstić information content (AvgIpc) is 3.14. The van der Waals surface area contributed by atoms with Gasteiger partial charge in [0.05, 0.1) is 12.0 Å². The first kappa shape index (κ1) is 19.2. The van der Waals surface area contributed by atoms with Gasteiger partial charge >= 0.3 is 0 Å². The molecule has 1 amide bonds. The number of ether oxygens (including phenoxy) is 1. The fraction of sp³-hybridized carbons (Fsp3) is 0.100. The second-order valence-electron chi connectivity index (χ2n) is 5.83. The lowest BCUT2D eigenvalue weighted by Gasteiger charge is -2.01. The number of anilines is 1. The van der Waals surface area contributed by atoms with Crippen LogP contribution in [0, 0.1) is 10.1 Å². The molecule has 0 fully saturated rings. The molecule has 28 heavy (non-hydrogen) atoms. The van der Waals surface area contributed by atoms with Crippen molar-refractivity contribution in [1.82, 2.24) is 4.98 Å². The van der Waals surface area contributed by atoms with Crippen molar-refractivity contribution in [2.24, 2.45) is 0 Å². The maximum absolute atomic E-state index is 12.0. The van der Waals surface area contributed by atoms with E-state index in [9.17, 15) is 14.9 Å². The quantitative estimate of drug-likeness (QED) is 0.366. The van der Waals surface area contributed by atoms with E-state index in [0.717, 1.165) is 22.6 Å². The minimum atomic E-state index is -0.466. The number of amides is 1. The van der Waals surface area contributed by atoms with Gasteiger partial charge in [0.25, 0.3) is 5.69 Å². The summed E-state index contributed by atoms with van der Waals surface area (Å²) >= 11 is 1.41. The molecule has 0 bridgehead atoms. The highest BCUT2D eigenvalue weighted by atomic mass is 32.1. The van der Waals surface area contributed by atoms with E-state index in [1.807, 2.05) is 24.3 Å². The highest BCUT2D eigenvalue weighted by molar-refractivity contribution is 7.15. The number of non-ortho nitro benzene ring substituents is 1. The number of nitro benzene ring substituents is 1. The summed E-state index contributed by atoms with van der Waals surface area (Å²) < 4.78 is 5.14. The van der Waals surface area contributed by atoms with Gasteiger partial charge in [0.15, 0.2) is 5.13 Å². The summed E-state index contributed by atoms with van der Waals surface area (Å²) in [7, 11) is 1.63. The van der Waals surface area contributed by atoms with Crippen molar-refractivity contribution < 1.29 is 14.5 Å². The van der Waals surface area contributed by atoms with Gasteiger partial charge in [-0.3, -0.25) is 20.2 Å². The predicted molar refractivity (Wildman–Crippen MR) is 109 cm³/mol. The maximum atomic E-state index is 12.0. The van der Waals surface area contributed by atoms with Gasteiger partial charge in [0.2, 0.25) is 5.91 Å². The average molecular weight is 395 g/mol. The molecule has 1 heterocycles. The minimum Gasteiger partial charge on any atom is -0.497 e. The van der Waals surface area contributed by atoms with Gasteiger partial charge in [0.1, 0.15) is 5.75 Å². The highest BCUT2D eigenvalue weighted by Gasteiger charge is 2.06. The Balaban J connectivity index is 1.56. The third kappa shape index (κ3) is 5.24. The number of nitrogens with one attached hydrogen (secondary N) is 1. The first-order valence-corrected chi connectivity index (χ1v) is 9.16. The zero-order chi connectivity index (χ0) is 19.9. The van der Waals surface area contributed by atoms with Crippen LogP contribution in [0.15, 0.2) is 60.8 Å². The fourth-order valence-corrected chi connectivity index (χ4v) is 3.27. The van der Waals surface area contributed by atoms with Gasteiger partial charge in [-0.1, -0.05) is 12.1 Å². The van der Waals surface area contributed by atoms with E-state index in [1.165, 1.54) is 29.5 Å². The number of hydrogen-bond donors (Lipinski definition) is 1. The standard InChI is InChI=1S/C20H17N3O4S/c1-27-17-9-4-15(5-10-17)12-18-13-21-20(28-18)22-19(24)11-6-14-2-7-16(8-3-14)23(25)26/h2-11,13H,12H2,1H3,(H,21,22,24)/b11-6+. The van der Waals surface area contributed by atoms with E-state index in [-0.39, 0.29) is 11.6 Å². The van der Waals surface area contributed by atoms with Crippen LogP contribution in [0.5, 0.6) is 5.75 Å². The smallest absolute Gasteiger partial charge is 0.269 e. The van der Waals surface area contributed by atoms with Crippen molar-refractivity contribution in [3.05, 3.63) is 86.9 Å². The Bertz CT molecular complexity index is 995. The van der Waals surface area contributed by atoms with E-state index in [1.54, 1.807) is 31.5 Å². The summed E-state index contributed by atoms with van der Waals surface area (Å²) in [6.45, 7) is 0. The van der Waals surface area contributed by atoms with Crippen molar-refractivity contribution in [3.63, 3.8) is 0 Å². The fourth-order valence-electron chi connectivity index (χ4n) is 2.42. The van der Waals surface area contributed by atoms with Crippen LogP contribution in [0.3, 0.4) is 0 Å². The third-order valence-electron chi connectivity index (χ3n) is 3.85. The number of rotatable bonds is 7. The molecule has 0 aliphatic heterocycles. The Morgan fingerprint density at radius 3 is 2.57 bits per heavy atom. The number of nitro groups is 1. The van der Waals surface area contributed by atoms with Gasteiger partial charge in [0, 0.05) is 35.7 Å². The van der Waals surface area contributed by atoms with Crippen LogP contribution in [-0.2, 0) is 11.2 Å². The number of methoxy groups -OCH3 is 1. The normalized spacial score (nSPS) is 10.8. The molecule has 0 saturated carbocycles. The number of hydrogen-bond acceptors (Lipinski definition) is 6. The molecule has 142 valence electrons. The number of carbonyl (C=O) groups is 1. The maximum Gasteiger partial charge on any atom is 0.269 e. The summed E-state index contributed by atoms with van der Waals surface area (Å²) in [5.41, 5.74) is 1.83. The number of benzene rings is 2. The second-order valence-corrected chi connectivity index (χ2v) is 6.94. The van der Waals surface area contributed by atoms with Crippen molar-refractivity contribution in [3.8, 4) is 5.75 Å². The summed E-state index contributed by atoms with van der Waals surface area (Å²) in [6.07, 6.45) is 5.41. The SMILES string of the molecule is COc1ccc(Cc2cnc(NC(=O)/C=C/c3ccc([N+](=O)[O-])cc3)s2)cc1. The lowest BCUT2D eigenvalue weighted by molar-refractivity contribution is -0.384. The van der Waals surface area contributed by atoms with E-state index >= 15 is 0 Å². The van der Waals surface area contributed by atoms with Crippen molar-refractivity contribution >= 4 is 34.1 Å². The number of carbonyl (C=O) groups excluding carboxylic acids is 1. The molecule has 2 aromatic carbocycles. The van der Waals surface area contributed by atoms with Gasteiger partial charge in [-0.2, -0.15) is 0 Å². The van der Waals surface area contributed by atoms with E-state index in [0.29, 0.717) is 10.7 Å². The highest BCUT2D eigenvalue weighted by Crippen LogP contribution is 2.22. The molecular weight excluding hydrogens is 378 g/mol. The van der Waals surface area contributed by atoms with Crippen LogP contribution in [0.1, 0.15) is 16.0 Å². The number of nitrogens with zero attached hydrogens (tertiary/aromatic N) is 2. The second kappa shape index (κ2) is 8.92. The summed E-state index contributed by atoms with van der Waals surface area (Å²) in [5, 5.41) is 13.9. The van der Waals surface area contributed by atoms with E-state index in [2.05, 4.69) is 10.3 Å². The molecular formula is C20H17N3O4S. The summed E-state index contributed by atoms with van der Waals surface area (Å²) in [4.78, 5) is 27.5. The zero-order valence-electron chi connectivity index (χ0n) is 15.0. The Morgan fingerprint density at radius 1 is 1.21 bits per heavy atom. The van der Waals surface area contributed by atoms with Crippen LogP contribution >= 0.6 is 11.3 Å². The topological polar surface area (TPSA) is 94.4 Å². The molecule has 8 heteroatoms. The van der Waals surface area contributed by atoms with Gasteiger partial charge in [-0.15, -0.1) is 11.3 Å². The molecule has 0 radical (unpaired) electrons. The summed E-state index contributed by atoms with van der Waals surface area (Å²) in [6, 6.07) is 13.7. The van der Waals surface area contributed by atoms with Crippen molar-refractivity contribution in [1.29, 1.82) is 0 Å². The van der Waals surface area contributed by atoms with Gasteiger partial charge in [-0.05, 0) is 41.5 Å². The van der Waals surface area contributed by atoms with Crippen molar-refractivity contribution in [2.75, 3.05) is 12.4 Å². The molecule has 3 aromatic rings. The van der Waals surface area contributed by atoms with Gasteiger partial charge in [-0.25, -0.2) is 4.98 Å². The molecule has 3 rings (SSSR count). The summed E-state index contributed by atoms with van der Waals surface area (Å²) in [5.74, 6) is 0.490. The minimum absolute atomic E-state index is 0.00813. The largest absolute Gasteiger partial charge is 0.497 e.